The molecule has 0 saturated carbocycles. The molecule has 0 radical (unpaired) electrons. The van der Waals surface area contributed by atoms with Gasteiger partial charge in [-0.3, -0.25) is 9.59 Å². The first-order valence-corrected chi connectivity index (χ1v) is 7.02. The van der Waals surface area contributed by atoms with E-state index < -0.39 is 0 Å². The lowest BCUT2D eigenvalue weighted by molar-refractivity contribution is -0.144. The number of carbonyl (C=O) groups excluding carboxylic acids is 2. The highest BCUT2D eigenvalue weighted by Gasteiger charge is 2.06. The summed E-state index contributed by atoms with van der Waals surface area (Å²) >= 11 is 0. The van der Waals surface area contributed by atoms with Crippen LogP contribution in [0.5, 0.6) is 0 Å². The van der Waals surface area contributed by atoms with Crippen LogP contribution in [0.3, 0.4) is 0 Å². The highest BCUT2D eigenvalue weighted by molar-refractivity contribution is 5.83. The van der Waals surface area contributed by atoms with E-state index in [9.17, 15) is 9.59 Å². The molecule has 0 amide bonds. The zero-order chi connectivity index (χ0) is 14.8. The Morgan fingerprint density at radius 3 is 2.45 bits per heavy atom. The summed E-state index contributed by atoms with van der Waals surface area (Å²) < 4.78 is 4.78. The minimum Gasteiger partial charge on any atom is -0.466 e. The highest BCUT2D eigenvalue weighted by atomic mass is 16.5. The molecule has 0 heterocycles. The van der Waals surface area contributed by atoms with Crippen molar-refractivity contribution in [1.82, 2.24) is 0 Å². The monoisotopic (exact) mass is 274 g/mol. The summed E-state index contributed by atoms with van der Waals surface area (Å²) in [6.07, 6.45) is 5.65. The molecule has 0 fully saturated rings. The van der Waals surface area contributed by atoms with Crippen molar-refractivity contribution in [2.45, 2.75) is 39.5 Å². The van der Waals surface area contributed by atoms with E-state index >= 15 is 0 Å². The quantitative estimate of drug-likeness (QED) is 0.679. The van der Waals surface area contributed by atoms with Crippen molar-refractivity contribution in [3.8, 4) is 0 Å². The van der Waals surface area contributed by atoms with Crippen LogP contribution in [0.1, 0.15) is 43.7 Å². The average Bonchev–Trinajstić information content (AvgIpc) is 2.43. The highest BCUT2D eigenvalue weighted by Crippen LogP contribution is 2.07. The summed E-state index contributed by atoms with van der Waals surface area (Å²) in [5.41, 5.74) is 2.37. The molecule has 0 saturated heterocycles. The molecule has 0 unspecified atom stereocenters. The van der Waals surface area contributed by atoms with Gasteiger partial charge in [0.05, 0.1) is 13.0 Å². The average molecular weight is 274 g/mol. The number of hydrogen-bond donors (Lipinski definition) is 0. The molecule has 0 aliphatic rings. The number of ether oxygens (including phenoxy) is 1. The first-order valence-electron chi connectivity index (χ1n) is 7.02. The molecule has 0 aliphatic carbocycles. The molecule has 3 heteroatoms. The Kier molecular flexibility index (Phi) is 7.33. The van der Waals surface area contributed by atoms with E-state index in [0.717, 1.165) is 5.56 Å². The standard InChI is InChI=1S/C17H22O3/c1-3-20-17(19)13-12-16(18)7-5-4-6-15-10-8-14(2)9-11-15/h4,6,8-11H,3,5,7,12-13H2,1-2H3/b6-4+. The molecule has 0 bridgehead atoms. The minimum absolute atomic E-state index is 0.103. The van der Waals surface area contributed by atoms with Crippen molar-refractivity contribution in [2.24, 2.45) is 0 Å². The summed E-state index contributed by atoms with van der Waals surface area (Å²) in [5, 5.41) is 0. The van der Waals surface area contributed by atoms with Crippen molar-refractivity contribution < 1.29 is 14.3 Å². The molecule has 0 spiro atoms. The third kappa shape index (κ3) is 6.88. The van der Waals surface area contributed by atoms with E-state index in [-0.39, 0.29) is 24.6 Å². The Labute approximate surface area is 120 Å². The Morgan fingerprint density at radius 2 is 1.80 bits per heavy atom. The predicted octanol–water partition coefficient (Wildman–Crippen LogP) is 3.70. The molecule has 108 valence electrons. The normalized spacial score (nSPS) is 10.7. The number of benzene rings is 1. The van der Waals surface area contributed by atoms with Crippen molar-refractivity contribution in [3.05, 3.63) is 41.5 Å². The van der Waals surface area contributed by atoms with Crippen molar-refractivity contribution in [3.63, 3.8) is 0 Å². The van der Waals surface area contributed by atoms with E-state index in [1.807, 2.05) is 12.2 Å². The minimum atomic E-state index is -0.295. The lowest BCUT2D eigenvalue weighted by Crippen LogP contribution is -2.07. The van der Waals surface area contributed by atoms with Crippen LogP contribution in [0, 0.1) is 6.92 Å². The van der Waals surface area contributed by atoms with E-state index in [1.165, 1.54) is 5.56 Å². The first kappa shape index (κ1) is 16.2. The van der Waals surface area contributed by atoms with Gasteiger partial charge in [0, 0.05) is 12.8 Å². The number of hydrogen-bond acceptors (Lipinski definition) is 3. The van der Waals surface area contributed by atoms with Gasteiger partial charge in [0.1, 0.15) is 5.78 Å². The molecule has 0 aromatic heterocycles. The fourth-order valence-electron chi connectivity index (χ4n) is 1.74. The molecule has 0 atom stereocenters. The van der Waals surface area contributed by atoms with E-state index in [0.29, 0.717) is 19.4 Å². The number of rotatable bonds is 8. The first-order chi connectivity index (χ1) is 9.61. The number of Topliss-reactive ketones (excluding diaryl/α,β-unsaturated/α-hetero) is 1. The maximum Gasteiger partial charge on any atom is 0.306 e. The number of carbonyl (C=O) groups is 2. The fraction of sp³-hybridized carbons (Fsp3) is 0.412. The lowest BCUT2D eigenvalue weighted by Gasteiger charge is -2.00. The summed E-state index contributed by atoms with van der Waals surface area (Å²) in [7, 11) is 0. The van der Waals surface area contributed by atoms with Crippen LogP contribution in [0.25, 0.3) is 6.08 Å². The SMILES string of the molecule is CCOC(=O)CCC(=O)CC/C=C/c1ccc(C)cc1. The van der Waals surface area contributed by atoms with Gasteiger partial charge in [0.15, 0.2) is 0 Å². The molecule has 0 aliphatic heterocycles. The van der Waals surface area contributed by atoms with Crippen LogP contribution in [0.2, 0.25) is 0 Å². The third-order valence-corrected chi connectivity index (χ3v) is 2.89. The predicted molar refractivity (Wildman–Crippen MR) is 80.3 cm³/mol. The Balaban J connectivity index is 2.21. The van der Waals surface area contributed by atoms with Gasteiger partial charge in [0.2, 0.25) is 0 Å². The molecule has 20 heavy (non-hydrogen) atoms. The topological polar surface area (TPSA) is 43.4 Å². The maximum absolute atomic E-state index is 11.6. The second-order valence-electron chi connectivity index (χ2n) is 4.70. The van der Waals surface area contributed by atoms with Crippen LogP contribution in [0.15, 0.2) is 30.3 Å². The van der Waals surface area contributed by atoms with Crippen LogP contribution in [-0.4, -0.2) is 18.4 Å². The van der Waals surface area contributed by atoms with Crippen molar-refractivity contribution in [2.75, 3.05) is 6.61 Å². The van der Waals surface area contributed by atoms with Gasteiger partial charge in [-0.05, 0) is 25.8 Å². The van der Waals surface area contributed by atoms with Gasteiger partial charge in [-0.2, -0.15) is 0 Å². The zero-order valence-electron chi connectivity index (χ0n) is 12.2. The van der Waals surface area contributed by atoms with Gasteiger partial charge in [0.25, 0.3) is 0 Å². The molecular formula is C17H22O3. The number of esters is 1. The van der Waals surface area contributed by atoms with Gasteiger partial charge in [-0.15, -0.1) is 0 Å². The molecule has 3 nitrogen and oxygen atoms in total. The number of aryl methyl sites for hydroxylation is 1. The van der Waals surface area contributed by atoms with Gasteiger partial charge in [-0.25, -0.2) is 0 Å². The molecular weight excluding hydrogens is 252 g/mol. The summed E-state index contributed by atoms with van der Waals surface area (Å²) in [5.74, 6) is -0.192. The van der Waals surface area contributed by atoms with Gasteiger partial charge in [-0.1, -0.05) is 42.0 Å². The van der Waals surface area contributed by atoms with Crippen molar-refractivity contribution in [1.29, 1.82) is 0 Å². The molecule has 1 aromatic rings. The third-order valence-electron chi connectivity index (χ3n) is 2.89. The summed E-state index contributed by atoms with van der Waals surface area (Å²) in [4.78, 5) is 22.7. The second kappa shape index (κ2) is 9.08. The van der Waals surface area contributed by atoms with Gasteiger partial charge >= 0.3 is 5.97 Å². The van der Waals surface area contributed by atoms with Crippen LogP contribution in [0.4, 0.5) is 0 Å². The fourth-order valence-corrected chi connectivity index (χ4v) is 1.74. The zero-order valence-corrected chi connectivity index (χ0v) is 12.2. The van der Waals surface area contributed by atoms with E-state index in [2.05, 4.69) is 31.2 Å². The largest absolute Gasteiger partial charge is 0.466 e. The number of ketones is 1. The number of allylic oxidation sites excluding steroid dienone is 1. The smallest absolute Gasteiger partial charge is 0.306 e. The van der Waals surface area contributed by atoms with Crippen LogP contribution in [-0.2, 0) is 14.3 Å². The lowest BCUT2D eigenvalue weighted by atomic mass is 10.1. The summed E-state index contributed by atoms with van der Waals surface area (Å²) in [6, 6.07) is 8.22. The molecule has 1 rings (SSSR count). The van der Waals surface area contributed by atoms with Crippen LogP contribution < -0.4 is 0 Å². The Bertz CT molecular complexity index is 458. The molecule has 1 aromatic carbocycles. The maximum atomic E-state index is 11.6. The van der Waals surface area contributed by atoms with Crippen LogP contribution >= 0.6 is 0 Å². The Hall–Kier alpha value is -1.90. The Morgan fingerprint density at radius 1 is 1.10 bits per heavy atom. The van der Waals surface area contributed by atoms with E-state index in [1.54, 1.807) is 6.92 Å². The van der Waals surface area contributed by atoms with E-state index in [4.69, 9.17) is 4.74 Å². The van der Waals surface area contributed by atoms with Crippen molar-refractivity contribution >= 4 is 17.8 Å². The summed E-state index contributed by atoms with van der Waals surface area (Å²) in [6.45, 7) is 4.18. The second-order valence-corrected chi connectivity index (χ2v) is 4.70. The van der Waals surface area contributed by atoms with Gasteiger partial charge < -0.3 is 4.74 Å². The molecule has 0 N–H and O–H groups in total.